The Bertz CT molecular complexity index is 1070. The highest BCUT2D eigenvalue weighted by atomic mass is 32.2. The van der Waals surface area contributed by atoms with Gasteiger partial charge in [0.25, 0.3) is 5.91 Å². The largest absolute Gasteiger partial charge is 0.322 e. The molecule has 3 aromatic carbocycles. The van der Waals surface area contributed by atoms with Gasteiger partial charge in [0.05, 0.1) is 5.75 Å². The number of hydrogen-bond donors (Lipinski definition) is 1. The molecule has 1 saturated heterocycles. The van der Waals surface area contributed by atoms with E-state index in [4.69, 9.17) is 0 Å². The Morgan fingerprint density at radius 1 is 0.935 bits per heavy atom. The van der Waals surface area contributed by atoms with Crippen molar-refractivity contribution >= 4 is 35.0 Å². The molecule has 1 N–H and O–H groups in total. The molecule has 0 aromatic heterocycles. The van der Waals surface area contributed by atoms with Gasteiger partial charge in [-0.25, -0.2) is 0 Å². The standard InChI is InChI=1S/C26H26N2O2S/c1-26(2,3)20-11-15-22(16-12-20)28-23(29)17-31-25(28)19-9-13-21(14-10-19)27-24(30)18-7-5-4-6-8-18/h4-16,25H,17H2,1-3H3,(H,27,30)/t25-/m0/s1. The lowest BCUT2D eigenvalue weighted by molar-refractivity contribution is -0.115. The molecule has 1 fully saturated rings. The molecule has 0 aliphatic carbocycles. The van der Waals surface area contributed by atoms with Gasteiger partial charge in [-0.05, 0) is 52.9 Å². The highest BCUT2D eigenvalue weighted by Crippen LogP contribution is 2.42. The number of nitrogens with one attached hydrogen (secondary N) is 1. The first-order valence-corrected chi connectivity index (χ1v) is 11.4. The summed E-state index contributed by atoms with van der Waals surface area (Å²) in [5, 5.41) is 2.84. The summed E-state index contributed by atoms with van der Waals surface area (Å²) >= 11 is 1.62. The quantitative estimate of drug-likeness (QED) is 0.551. The lowest BCUT2D eigenvalue weighted by atomic mass is 9.87. The molecule has 5 heteroatoms. The van der Waals surface area contributed by atoms with Crippen molar-refractivity contribution < 1.29 is 9.59 Å². The van der Waals surface area contributed by atoms with Crippen LogP contribution < -0.4 is 10.2 Å². The van der Waals surface area contributed by atoms with Gasteiger partial charge in [-0.2, -0.15) is 0 Å². The summed E-state index contributed by atoms with van der Waals surface area (Å²) in [5.74, 6) is 0.428. The number of benzene rings is 3. The van der Waals surface area contributed by atoms with E-state index in [1.165, 1.54) is 5.56 Å². The van der Waals surface area contributed by atoms with E-state index < -0.39 is 0 Å². The third-order valence-corrected chi connectivity index (χ3v) is 6.58. The molecule has 1 heterocycles. The lowest BCUT2D eigenvalue weighted by Crippen LogP contribution is -2.28. The molecule has 4 nitrogen and oxygen atoms in total. The van der Waals surface area contributed by atoms with Crippen LogP contribution in [0.25, 0.3) is 0 Å². The maximum absolute atomic E-state index is 12.7. The average molecular weight is 431 g/mol. The number of thioether (sulfide) groups is 1. The smallest absolute Gasteiger partial charge is 0.255 e. The average Bonchev–Trinajstić information content (AvgIpc) is 3.15. The zero-order chi connectivity index (χ0) is 22.0. The summed E-state index contributed by atoms with van der Waals surface area (Å²) in [6, 6.07) is 25.1. The van der Waals surface area contributed by atoms with Gasteiger partial charge >= 0.3 is 0 Å². The number of anilines is 2. The molecule has 158 valence electrons. The summed E-state index contributed by atoms with van der Waals surface area (Å²) in [6.45, 7) is 6.54. The van der Waals surface area contributed by atoms with Gasteiger partial charge in [-0.15, -0.1) is 11.8 Å². The van der Waals surface area contributed by atoms with Gasteiger partial charge in [-0.1, -0.05) is 63.2 Å². The summed E-state index contributed by atoms with van der Waals surface area (Å²) in [7, 11) is 0. The molecular weight excluding hydrogens is 404 g/mol. The Labute approximate surface area is 187 Å². The van der Waals surface area contributed by atoms with Crippen LogP contribution in [0.2, 0.25) is 0 Å². The van der Waals surface area contributed by atoms with E-state index >= 15 is 0 Å². The summed E-state index contributed by atoms with van der Waals surface area (Å²) in [4.78, 5) is 26.9. The van der Waals surface area contributed by atoms with Crippen LogP contribution >= 0.6 is 11.8 Å². The van der Waals surface area contributed by atoms with Gasteiger partial charge in [0.15, 0.2) is 0 Å². The van der Waals surface area contributed by atoms with E-state index in [1.807, 2.05) is 59.5 Å². The molecule has 31 heavy (non-hydrogen) atoms. The molecular formula is C26H26N2O2S. The van der Waals surface area contributed by atoms with Gasteiger partial charge in [-0.3, -0.25) is 14.5 Å². The molecule has 0 bridgehead atoms. The second kappa shape index (κ2) is 8.60. The zero-order valence-corrected chi connectivity index (χ0v) is 18.8. The number of hydrogen-bond acceptors (Lipinski definition) is 3. The van der Waals surface area contributed by atoms with Gasteiger partial charge in [0.1, 0.15) is 5.37 Å². The molecule has 1 atom stereocenters. The Balaban J connectivity index is 1.51. The maximum atomic E-state index is 12.7. The Morgan fingerprint density at radius 2 is 1.58 bits per heavy atom. The van der Waals surface area contributed by atoms with Crippen molar-refractivity contribution in [3.63, 3.8) is 0 Å². The summed E-state index contributed by atoms with van der Waals surface area (Å²) < 4.78 is 0. The Hall–Kier alpha value is -3.05. The van der Waals surface area contributed by atoms with Crippen LogP contribution in [-0.2, 0) is 10.2 Å². The van der Waals surface area contributed by atoms with Crippen molar-refractivity contribution in [3.05, 3.63) is 95.6 Å². The topological polar surface area (TPSA) is 49.4 Å². The summed E-state index contributed by atoms with van der Waals surface area (Å²) in [5.41, 5.74) is 4.61. The Kier molecular flexibility index (Phi) is 5.88. The molecule has 0 saturated carbocycles. The third kappa shape index (κ3) is 4.67. The van der Waals surface area contributed by atoms with Crippen LogP contribution in [0.4, 0.5) is 11.4 Å². The van der Waals surface area contributed by atoms with Crippen LogP contribution in [0.1, 0.15) is 47.6 Å². The first-order chi connectivity index (χ1) is 14.8. The van der Waals surface area contributed by atoms with Crippen molar-refractivity contribution in [2.24, 2.45) is 0 Å². The number of nitrogens with zero attached hydrogens (tertiary/aromatic N) is 1. The SMILES string of the molecule is CC(C)(C)c1ccc(N2C(=O)CS[C@H]2c2ccc(NC(=O)c3ccccc3)cc2)cc1. The van der Waals surface area contributed by atoms with Crippen molar-refractivity contribution in [2.45, 2.75) is 31.6 Å². The van der Waals surface area contributed by atoms with Crippen molar-refractivity contribution in [2.75, 3.05) is 16.0 Å². The molecule has 1 aliphatic heterocycles. The van der Waals surface area contributed by atoms with Gasteiger partial charge in [0, 0.05) is 16.9 Å². The number of carbonyl (C=O) groups excluding carboxylic acids is 2. The van der Waals surface area contributed by atoms with Crippen molar-refractivity contribution in [1.82, 2.24) is 0 Å². The van der Waals surface area contributed by atoms with Crippen LogP contribution in [-0.4, -0.2) is 17.6 Å². The lowest BCUT2D eigenvalue weighted by Gasteiger charge is -2.26. The van der Waals surface area contributed by atoms with Gasteiger partial charge < -0.3 is 5.32 Å². The second-order valence-corrected chi connectivity index (χ2v) is 9.73. The normalized spacial score (nSPS) is 16.4. The molecule has 0 unspecified atom stereocenters. The molecule has 0 radical (unpaired) electrons. The predicted octanol–water partition coefficient (Wildman–Crippen LogP) is 6.02. The number of carbonyl (C=O) groups is 2. The van der Waals surface area contributed by atoms with Crippen molar-refractivity contribution in [3.8, 4) is 0 Å². The van der Waals surface area contributed by atoms with E-state index in [9.17, 15) is 9.59 Å². The minimum absolute atomic E-state index is 0.0711. The highest BCUT2D eigenvalue weighted by Gasteiger charge is 2.34. The van der Waals surface area contributed by atoms with E-state index in [0.29, 0.717) is 11.3 Å². The second-order valence-electron chi connectivity index (χ2n) is 8.67. The van der Waals surface area contributed by atoms with E-state index in [0.717, 1.165) is 16.9 Å². The molecule has 3 aromatic rings. The number of amides is 2. The van der Waals surface area contributed by atoms with Crippen LogP contribution in [0.3, 0.4) is 0 Å². The highest BCUT2D eigenvalue weighted by molar-refractivity contribution is 8.00. The van der Waals surface area contributed by atoms with Crippen LogP contribution in [0.5, 0.6) is 0 Å². The van der Waals surface area contributed by atoms with Crippen LogP contribution in [0.15, 0.2) is 78.9 Å². The van der Waals surface area contributed by atoms with Gasteiger partial charge in [0.2, 0.25) is 5.91 Å². The van der Waals surface area contributed by atoms with Crippen molar-refractivity contribution in [1.29, 1.82) is 0 Å². The maximum Gasteiger partial charge on any atom is 0.255 e. The van der Waals surface area contributed by atoms with E-state index in [2.05, 4.69) is 38.2 Å². The third-order valence-electron chi connectivity index (χ3n) is 5.37. The fourth-order valence-corrected chi connectivity index (χ4v) is 4.77. The predicted molar refractivity (Wildman–Crippen MR) is 129 cm³/mol. The number of rotatable bonds is 4. The molecule has 2 amide bonds. The minimum Gasteiger partial charge on any atom is -0.322 e. The Morgan fingerprint density at radius 3 is 2.19 bits per heavy atom. The molecule has 1 aliphatic rings. The summed E-state index contributed by atoms with van der Waals surface area (Å²) in [6.07, 6.45) is 0. The minimum atomic E-state index is -0.140. The zero-order valence-electron chi connectivity index (χ0n) is 18.0. The fourth-order valence-electron chi connectivity index (χ4n) is 3.60. The van der Waals surface area contributed by atoms with E-state index in [-0.39, 0.29) is 22.6 Å². The fraction of sp³-hybridized carbons (Fsp3) is 0.231. The monoisotopic (exact) mass is 430 g/mol. The van der Waals surface area contributed by atoms with E-state index in [1.54, 1.807) is 23.9 Å². The van der Waals surface area contributed by atoms with Crippen LogP contribution in [0, 0.1) is 0 Å². The first-order valence-electron chi connectivity index (χ1n) is 10.3. The molecule has 0 spiro atoms. The molecule has 4 rings (SSSR count). The first kappa shape index (κ1) is 21.2.